The van der Waals surface area contributed by atoms with Gasteiger partial charge in [-0.25, -0.2) is 0 Å². The molecular weight excluding hydrogens is 202 g/mol. The molecule has 2 heteroatoms. The molecule has 1 aromatic carbocycles. The maximum Gasteiger partial charge on any atom is 0.0346 e. The minimum absolute atomic E-state index is 0.810. The molecule has 0 saturated carbocycles. The lowest BCUT2D eigenvalue weighted by Crippen LogP contribution is -1.78. The van der Waals surface area contributed by atoms with Gasteiger partial charge in [0.15, 0.2) is 0 Å². The molecule has 1 nitrogen and oxygen atoms in total. The van der Waals surface area contributed by atoms with Gasteiger partial charge >= 0.3 is 0 Å². The number of hydrogen-bond donors (Lipinski definition) is 1. The van der Waals surface area contributed by atoms with E-state index in [1.54, 1.807) is 6.20 Å². The molecule has 1 heterocycles. The molecule has 2 rings (SSSR count). The number of benzene rings is 1. The summed E-state index contributed by atoms with van der Waals surface area (Å²) in [7, 11) is 0. The minimum Gasteiger partial charge on any atom is -0.264 e. The van der Waals surface area contributed by atoms with Crippen molar-refractivity contribution in [3.63, 3.8) is 0 Å². The van der Waals surface area contributed by atoms with Gasteiger partial charge in [-0.2, -0.15) is 12.6 Å². The van der Waals surface area contributed by atoms with E-state index in [0.29, 0.717) is 0 Å². The molecule has 0 N–H and O–H groups in total. The van der Waals surface area contributed by atoms with E-state index in [0.717, 1.165) is 23.1 Å². The molecular formula is C13H11NS. The van der Waals surface area contributed by atoms with Gasteiger partial charge in [0.25, 0.3) is 0 Å². The van der Waals surface area contributed by atoms with Crippen LogP contribution in [0.2, 0.25) is 0 Å². The Morgan fingerprint density at radius 3 is 3.00 bits per heavy atom. The van der Waals surface area contributed by atoms with E-state index in [4.69, 9.17) is 0 Å². The number of hydrogen-bond acceptors (Lipinski definition) is 2. The van der Waals surface area contributed by atoms with Gasteiger partial charge in [0.05, 0.1) is 0 Å². The number of thiol groups is 1. The first-order valence-corrected chi connectivity index (χ1v) is 5.47. The summed E-state index contributed by atoms with van der Waals surface area (Å²) in [6.07, 6.45) is 4.49. The molecule has 0 fully saturated rings. The van der Waals surface area contributed by atoms with E-state index < -0.39 is 0 Å². The molecule has 0 amide bonds. The van der Waals surface area contributed by atoms with E-state index in [1.165, 1.54) is 5.39 Å². The fraction of sp³-hybridized carbons (Fsp3) is 0.154. The summed E-state index contributed by atoms with van der Waals surface area (Å²) >= 11 is 4.12. The van der Waals surface area contributed by atoms with Crippen LogP contribution in [0, 0.1) is 11.8 Å². The van der Waals surface area contributed by atoms with Gasteiger partial charge in [0, 0.05) is 35.5 Å². The van der Waals surface area contributed by atoms with E-state index in [1.807, 2.05) is 24.4 Å². The van der Waals surface area contributed by atoms with E-state index >= 15 is 0 Å². The number of aromatic nitrogens is 1. The molecule has 0 bridgehead atoms. The van der Waals surface area contributed by atoms with Crippen LogP contribution in [0.1, 0.15) is 12.0 Å². The van der Waals surface area contributed by atoms with Gasteiger partial charge in [0.1, 0.15) is 0 Å². The van der Waals surface area contributed by atoms with Crippen LogP contribution < -0.4 is 0 Å². The van der Waals surface area contributed by atoms with Crippen LogP contribution in [-0.2, 0) is 0 Å². The highest BCUT2D eigenvalue weighted by Crippen LogP contribution is 2.13. The van der Waals surface area contributed by atoms with E-state index in [-0.39, 0.29) is 0 Å². The summed E-state index contributed by atoms with van der Waals surface area (Å²) in [4.78, 5) is 4.07. The van der Waals surface area contributed by atoms with Crippen molar-refractivity contribution in [1.82, 2.24) is 4.98 Å². The zero-order chi connectivity index (χ0) is 10.5. The van der Waals surface area contributed by atoms with Gasteiger partial charge in [0.2, 0.25) is 0 Å². The Balaban J connectivity index is 2.36. The lowest BCUT2D eigenvalue weighted by Gasteiger charge is -1.96. The smallest absolute Gasteiger partial charge is 0.0346 e. The van der Waals surface area contributed by atoms with Crippen molar-refractivity contribution in [1.29, 1.82) is 0 Å². The molecule has 0 saturated heterocycles. The van der Waals surface area contributed by atoms with Crippen molar-refractivity contribution in [2.45, 2.75) is 6.42 Å². The van der Waals surface area contributed by atoms with E-state index in [9.17, 15) is 0 Å². The Labute approximate surface area is 94.9 Å². The third kappa shape index (κ3) is 2.51. The van der Waals surface area contributed by atoms with Crippen molar-refractivity contribution in [3.05, 3.63) is 42.2 Å². The topological polar surface area (TPSA) is 12.9 Å². The second kappa shape index (κ2) is 4.86. The Morgan fingerprint density at radius 1 is 1.20 bits per heavy atom. The van der Waals surface area contributed by atoms with Crippen LogP contribution in [0.15, 0.2) is 36.7 Å². The minimum atomic E-state index is 0.810. The third-order valence-corrected chi connectivity index (χ3v) is 2.33. The Bertz CT molecular complexity index is 523. The molecule has 74 valence electrons. The van der Waals surface area contributed by atoms with Crippen molar-refractivity contribution in [2.24, 2.45) is 0 Å². The maximum absolute atomic E-state index is 4.12. The first-order chi connectivity index (χ1) is 7.40. The SMILES string of the molecule is SCCC#Cc1ccc2cnccc2c1. The predicted octanol–water partition coefficient (Wildman–Crippen LogP) is 2.91. The molecule has 0 aliphatic rings. The van der Waals surface area contributed by atoms with Crippen LogP contribution in [0.25, 0.3) is 10.8 Å². The monoisotopic (exact) mass is 213 g/mol. The average Bonchev–Trinajstić information content (AvgIpc) is 2.29. The van der Waals surface area contributed by atoms with E-state index in [2.05, 4.69) is 35.5 Å². The van der Waals surface area contributed by atoms with Gasteiger partial charge in [-0.1, -0.05) is 17.9 Å². The zero-order valence-corrected chi connectivity index (χ0v) is 9.17. The van der Waals surface area contributed by atoms with Gasteiger partial charge in [-0.05, 0) is 23.6 Å². The van der Waals surface area contributed by atoms with Crippen LogP contribution in [0.4, 0.5) is 0 Å². The predicted molar refractivity (Wildman–Crippen MR) is 67.1 cm³/mol. The van der Waals surface area contributed by atoms with Crippen LogP contribution in [-0.4, -0.2) is 10.7 Å². The summed E-state index contributed by atoms with van der Waals surface area (Å²) in [5, 5.41) is 2.33. The molecule has 0 aliphatic carbocycles. The summed E-state index contributed by atoms with van der Waals surface area (Å²) in [6, 6.07) is 8.16. The molecule has 0 radical (unpaired) electrons. The largest absolute Gasteiger partial charge is 0.264 e. The Kier molecular flexibility index (Phi) is 3.26. The van der Waals surface area contributed by atoms with Crippen LogP contribution in [0.3, 0.4) is 0 Å². The summed E-state index contributed by atoms with van der Waals surface area (Å²) in [6.45, 7) is 0. The summed E-state index contributed by atoms with van der Waals surface area (Å²) in [5.41, 5.74) is 1.05. The Morgan fingerprint density at radius 2 is 2.13 bits per heavy atom. The van der Waals surface area contributed by atoms with Gasteiger partial charge in [-0.3, -0.25) is 4.98 Å². The van der Waals surface area contributed by atoms with Crippen LogP contribution >= 0.6 is 12.6 Å². The third-order valence-electron chi connectivity index (χ3n) is 2.11. The lowest BCUT2D eigenvalue weighted by molar-refractivity contribution is 1.31. The van der Waals surface area contributed by atoms with Crippen molar-refractivity contribution in [2.75, 3.05) is 5.75 Å². The van der Waals surface area contributed by atoms with Crippen molar-refractivity contribution < 1.29 is 0 Å². The molecule has 15 heavy (non-hydrogen) atoms. The lowest BCUT2D eigenvalue weighted by atomic mass is 10.1. The highest BCUT2D eigenvalue weighted by atomic mass is 32.1. The molecule has 0 unspecified atom stereocenters. The average molecular weight is 213 g/mol. The zero-order valence-electron chi connectivity index (χ0n) is 8.27. The fourth-order valence-electron chi connectivity index (χ4n) is 1.38. The summed E-state index contributed by atoms with van der Waals surface area (Å²) < 4.78 is 0. The Hall–Kier alpha value is -1.46. The standard InChI is InChI=1S/C13H11NS/c15-8-2-1-3-11-4-5-13-10-14-7-6-12(13)9-11/h4-7,9-10,15H,2,8H2. The first kappa shape index (κ1) is 10.1. The first-order valence-electron chi connectivity index (χ1n) is 4.83. The molecule has 0 spiro atoms. The van der Waals surface area contributed by atoms with Gasteiger partial charge < -0.3 is 0 Å². The second-order valence-corrected chi connectivity index (χ2v) is 3.66. The molecule has 2 aromatic rings. The molecule has 1 aromatic heterocycles. The number of fused-ring (bicyclic) bond motifs is 1. The van der Waals surface area contributed by atoms with Crippen molar-refractivity contribution in [3.8, 4) is 11.8 Å². The number of pyridine rings is 1. The summed E-state index contributed by atoms with van der Waals surface area (Å²) in [5.74, 6) is 7.00. The highest BCUT2D eigenvalue weighted by Gasteiger charge is 1.92. The fourth-order valence-corrected chi connectivity index (χ4v) is 1.49. The second-order valence-electron chi connectivity index (χ2n) is 3.21. The van der Waals surface area contributed by atoms with Crippen LogP contribution in [0.5, 0.6) is 0 Å². The highest BCUT2D eigenvalue weighted by molar-refractivity contribution is 7.80. The maximum atomic E-state index is 4.12. The normalized spacial score (nSPS) is 9.67. The van der Waals surface area contributed by atoms with Gasteiger partial charge in [-0.15, -0.1) is 0 Å². The van der Waals surface area contributed by atoms with Crippen molar-refractivity contribution >= 4 is 23.4 Å². The molecule has 0 aliphatic heterocycles. The number of nitrogens with zero attached hydrogens (tertiary/aromatic N) is 1. The quantitative estimate of drug-likeness (QED) is 0.567. The molecule has 0 atom stereocenters. The number of rotatable bonds is 1.